The molecule has 0 bridgehead atoms. The highest BCUT2D eigenvalue weighted by atomic mass is 16.7. The summed E-state index contributed by atoms with van der Waals surface area (Å²) in [6, 6.07) is 10.6. The van der Waals surface area contributed by atoms with Crippen molar-refractivity contribution in [3.05, 3.63) is 42.0 Å². The number of fused-ring (bicyclic) bond motifs is 2. The van der Waals surface area contributed by atoms with Crippen LogP contribution in [0.3, 0.4) is 0 Å². The van der Waals surface area contributed by atoms with Crippen molar-refractivity contribution < 1.29 is 38.1 Å². The number of anilines is 1. The van der Waals surface area contributed by atoms with Crippen LogP contribution in [0.4, 0.5) is 5.69 Å². The summed E-state index contributed by atoms with van der Waals surface area (Å²) in [6.45, 7) is 1.11. The molecule has 0 spiro atoms. The van der Waals surface area contributed by atoms with Gasteiger partial charge >= 0.3 is 5.97 Å². The Morgan fingerprint density at radius 3 is 2.58 bits per heavy atom. The van der Waals surface area contributed by atoms with Crippen molar-refractivity contribution in [2.45, 2.75) is 13.0 Å². The standard InChI is InChI=1S/C23H22N2O8/c26-21(24-10-14-1-3-18-19(7-14)33-13-32-18)12-31-23(28)15-8-22(27)25(11-15)16-2-4-17-20(9-16)30-6-5-29-17/h1-4,7,9,15H,5-6,8,10-13H2,(H,24,26). The van der Waals surface area contributed by atoms with Gasteiger partial charge < -0.3 is 33.9 Å². The van der Waals surface area contributed by atoms with Crippen LogP contribution in [-0.4, -0.2) is 50.9 Å². The van der Waals surface area contributed by atoms with E-state index in [4.69, 9.17) is 23.7 Å². The van der Waals surface area contributed by atoms with E-state index in [9.17, 15) is 14.4 Å². The van der Waals surface area contributed by atoms with Gasteiger partial charge in [-0.3, -0.25) is 14.4 Å². The van der Waals surface area contributed by atoms with Crippen LogP contribution in [0, 0.1) is 5.92 Å². The van der Waals surface area contributed by atoms with Crippen LogP contribution in [0.1, 0.15) is 12.0 Å². The Balaban J connectivity index is 1.11. The molecule has 0 radical (unpaired) electrons. The van der Waals surface area contributed by atoms with Crippen molar-refractivity contribution in [2.24, 2.45) is 5.92 Å². The van der Waals surface area contributed by atoms with E-state index in [1.54, 1.807) is 30.3 Å². The third-order valence-electron chi connectivity index (χ3n) is 5.57. The van der Waals surface area contributed by atoms with Crippen LogP contribution in [0.5, 0.6) is 23.0 Å². The van der Waals surface area contributed by atoms with E-state index in [1.807, 2.05) is 6.07 Å². The maximum atomic E-state index is 12.5. The lowest BCUT2D eigenvalue weighted by atomic mass is 10.1. The number of carbonyl (C=O) groups is 3. The number of benzene rings is 2. The zero-order valence-electron chi connectivity index (χ0n) is 17.7. The normalized spacial score (nSPS) is 18.2. The molecule has 0 aromatic heterocycles. The number of rotatable bonds is 6. The summed E-state index contributed by atoms with van der Waals surface area (Å²) >= 11 is 0. The summed E-state index contributed by atoms with van der Waals surface area (Å²) in [5.41, 5.74) is 1.46. The highest BCUT2D eigenvalue weighted by Crippen LogP contribution is 2.36. The van der Waals surface area contributed by atoms with Gasteiger partial charge in [0.05, 0.1) is 5.92 Å². The van der Waals surface area contributed by atoms with Crippen LogP contribution in [-0.2, 0) is 25.7 Å². The van der Waals surface area contributed by atoms with Gasteiger partial charge in [-0.1, -0.05) is 6.07 Å². The smallest absolute Gasteiger partial charge is 0.311 e. The number of hydrogen-bond acceptors (Lipinski definition) is 8. The lowest BCUT2D eigenvalue weighted by Crippen LogP contribution is -2.31. The number of nitrogens with one attached hydrogen (secondary N) is 1. The topological polar surface area (TPSA) is 113 Å². The minimum Gasteiger partial charge on any atom is -0.486 e. The molecule has 5 rings (SSSR count). The Hall–Kier alpha value is -3.95. The molecule has 0 aliphatic carbocycles. The van der Waals surface area contributed by atoms with E-state index in [0.29, 0.717) is 41.9 Å². The molecule has 10 heteroatoms. The molecule has 1 fully saturated rings. The number of nitrogens with zero attached hydrogens (tertiary/aromatic N) is 1. The molecule has 0 saturated carbocycles. The summed E-state index contributed by atoms with van der Waals surface area (Å²) in [6.07, 6.45) is 0.0199. The maximum absolute atomic E-state index is 12.5. The summed E-state index contributed by atoms with van der Waals surface area (Å²) < 4.78 is 26.8. The third kappa shape index (κ3) is 4.50. The molecule has 2 aromatic rings. The molecule has 3 aliphatic rings. The lowest BCUT2D eigenvalue weighted by molar-refractivity contribution is -0.152. The Labute approximate surface area is 189 Å². The van der Waals surface area contributed by atoms with Gasteiger partial charge in [-0.25, -0.2) is 0 Å². The van der Waals surface area contributed by atoms with Crippen molar-refractivity contribution >= 4 is 23.5 Å². The van der Waals surface area contributed by atoms with Crippen LogP contribution in [0.2, 0.25) is 0 Å². The first kappa shape index (κ1) is 20.9. The first-order valence-corrected chi connectivity index (χ1v) is 10.6. The van der Waals surface area contributed by atoms with Gasteiger partial charge in [0.1, 0.15) is 13.2 Å². The van der Waals surface area contributed by atoms with Crippen LogP contribution < -0.4 is 29.2 Å². The Morgan fingerprint density at radius 1 is 0.970 bits per heavy atom. The van der Waals surface area contributed by atoms with Gasteiger partial charge in [0.15, 0.2) is 29.6 Å². The Kier molecular flexibility index (Phi) is 5.64. The summed E-state index contributed by atoms with van der Waals surface area (Å²) in [5, 5.41) is 2.69. The number of esters is 1. The third-order valence-corrected chi connectivity index (χ3v) is 5.57. The van der Waals surface area contributed by atoms with Crippen molar-refractivity contribution in [1.29, 1.82) is 0 Å². The molecule has 2 amide bonds. The minimum absolute atomic E-state index is 0.0199. The molecular weight excluding hydrogens is 432 g/mol. The van der Waals surface area contributed by atoms with E-state index in [0.717, 1.165) is 5.56 Å². The second-order valence-corrected chi connectivity index (χ2v) is 7.81. The molecule has 1 saturated heterocycles. The molecule has 33 heavy (non-hydrogen) atoms. The second-order valence-electron chi connectivity index (χ2n) is 7.81. The van der Waals surface area contributed by atoms with Gasteiger partial charge in [0.2, 0.25) is 12.7 Å². The predicted molar refractivity (Wildman–Crippen MR) is 113 cm³/mol. The predicted octanol–water partition coefficient (Wildman–Crippen LogP) is 1.40. The fourth-order valence-corrected chi connectivity index (χ4v) is 3.87. The first-order chi connectivity index (χ1) is 16.1. The van der Waals surface area contributed by atoms with Crippen molar-refractivity contribution in [3.8, 4) is 23.0 Å². The average Bonchev–Trinajstić information content (AvgIpc) is 3.47. The number of hydrogen-bond donors (Lipinski definition) is 1. The number of carbonyl (C=O) groups excluding carboxylic acids is 3. The fourth-order valence-electron chi connectivity index (χ4n) is 3.87. The summed E-state index contributed by atoms with van der Waals surface area (Å²) in [4.78, 5) is 38.6. The van der Waals surface area contributed by atoms with E-state index in [1.165, 1.54) is 4.90 Å². The van der Waals surface area contributed by atoms with Gasteiger partial charge in [-0.2, -0.15) is 0 Å². The SMILES string of the molecule is O=C(COC(=O)C1CC(=O)N(c2ccc3c(c2)OCCO3)C1)NCc1ccc2c(c1)OCO2. The zero-order valence-corrected chi connectivity index (χ0v) is 17.7. The zero-order chi connectivity index (χ0) is 22.8. The molecule has 3 heterocycles. The number of ether oxygens (including phenoxy) is 5. The van der Waals surface area contributed by atoms with Crippen molar-refractivity contribution in [1.82, 2.24) is 5.32 Å². The molecule has 172 valence electrons. The highest BCUT2D eigenvalue weighted by molar-refractivity contribution is 6.00. The maximum Gasteiger partial charge on any atom is 0.311 e. The van der Waals surface area contributed by atoms with Gasteiger partial charge in [0.25, 0.3) is 5.91 Å². The van der Waals surface area contributed by atoms with E-state index in [2.05, 4.69) is 5.32 Å². The van der Waals surface area contributed by atoms with Gasteiger partial charge in [-0.15, -0.1) is 0 Å². The van der Waals surface area contributed by atoms with E-state index >= 15 is 0 Å². The minimum atomic E-state index is -0.646. The monoisotopic (exact) mass is 454 g/mol. The summed E-state index contributed by atoms with van der Waals surface area (Å²) in [5.74, 6) is 0.622. The first-order valence-electron chi connectivity index (χ1n) is 10.6. The molecule has 1 atom stereocenters. The van der Waals surface area contributed by atoms with Crippen molar-refractivity contribution in [2.75, 3.05) is 38.1 Å². The lowest BCUT2D eigenvalue weighted by Gasteiger charge is -2.22. The molecule has 2 aromatic carbocycles. The van der Waals surface area contributed by atoms with Gasteiger partial charge in [0, 0.05) is 31.3 Å². The largest absolute Gasteiger partial charge is 0.486 e. The number of amides is 2. The van der Waals surface area contributed by atoms with E-state index in [-0.39, 0.29) is 32.2 Å². The molecule has 3 aliphatic heterocycles. The Morgan fingerprint density at radius 2 is 1.70 bits per heavy atom. The van der Waals surface area contributed by atoms with E-state index < -0.39 is 24.4 Å². The molecule has 10 nitrogen and oxygen atoms in total. The van der Waals surface area contributed by atoms with Gasteiger partial charge in [-0.05, 0) is 29.8 Å². The molecular formula is C23H22N2O8. The average molecular weight is 454 g/mol. The van der Waals surface area contributed by atoms with Crippen molar-refractivity contribution in [3.63, 3.8) is 0 Å². The Bertz CT molecular complexity index is 1100. The van der Waals surface area contributed by atoms with Crippen LogP contribution in [0.25, 0.3) is 0 Å². The second kappa shape index (κ2) is 8.89. The molecule has 1 unspecified atom stereocenters. The fraction of sp³-hybridized carbons (Fsp3) is 0.348. The highest BCUT2D eigenvalue weighted by Gasteiger charge is 2.36. The van der Waals surface area contributed by atoms with Crippen LogP contribution in [0.15, 0.2) is 36.4 Å². The van der Waals surface area contributed by atoms with Crippen LogP contribution >= 0.6 is 0 Å². The summed E-state index contributed by atoms with van der Waals surface area (Å²) in [7, 11) is 0. The quantitative estimate of drug-likeness (QED) is 0.652. The molecule has 1 N–H and O–H groups in total.